The largest absolute Gasteiger partial charge is 0.494 e. The number of aryl methyl sites for hydroxylation is 1. The number of rotatable bonds is 5. The molecule has 0 unspecified atom stereocenters. The summed E-state index contributed by atoms with van der Waals surface area (Å²) in [6, 6.07) is 15.9. The summed E-state index contributed by atoms with van der Waals surface area (Å²) in [4.78, 5) is 4.69. The molecule has 0 radical (unpaired) electrons. The Labute approximate surface area is 161 Å². The fraction of sp³-hybridized carbons (Fsp3) is 0.150. The number of ether oxygens (including phenoxy) is 1. The number of nitrogen functional groups attached to an aromatic ring is 1. The van der Waals surface area contributed by atoms with E-state index in [1.807, 2.05) is 67.8 Å². The summed E-state index contributed by atoms with van der Waals surface area (Å²) in [5.74, 6) is 1.33. The van der Waals surface area contributed by atoms with E-state index >= 15 is 0 Å². The van der Waals surface area contributed by atoms with Crippen molar-refractivity contribution in [1.29, 1.82) is 0 Å². The molecule has 136 valence electrons. The minimum absolute atomic E-state index is 0.478. The lowest BCUT2D eigenvalue weighted by Crippen LogP contribution is -2.02. The molecule has 0 aliphatic carbocycles. The highest BCUT2D eigenvalue weighted by Crippen LogP contribution is 2.32. The highest BCUT2D eigenvalue weighted by Gasteiger charge is 2.17. The van der Waals surface area contributed by atoms with Crippen molar-refractivity contribution in [3.63, 3.8) is 0 Å². The van der Waals surface area contributed by atoms with Gasteiger partial charge >= 0.3 is 0 Å². The van der Waals surface area contributed by atoms with Gasteiger partial charge in [-0.1, -0.05) is 22.9 Å². The minimum atomic E-state index is 0.478. The Morgan fingerprint density at radius 2 is 1.81 bits per heavy atom. The number of thiazole rings is 1. The van der Waals surface area contributed by atoms with E-state index in [-0.39, 0.29) is 0 Å². The molecule has 0 aliphatic heterocycles. The first-order valence-electron chi connectivity index (χ1n) is 8.63. The van der Waals surface area contributed by atoms with Crippen LogP contribution in [0.1, 0.15) is 12.5 Å². The molecule has 7 heteroatoms. The van der Waals surface area contributed by atoms with Crippen LogP contribution in [0.4, 0.5) is 5.82 Å². The molecule has 27 heavy (non-hydrogen) atoms. The summed E-state index contributed by atoms with van der Waals surface area (Å²) in [5.41, 5.74) is 10.8. The normalized spacial score (nSPS) is 10.9. The van der Waals surface area contributed by atoms with Gasteiger partial charge in [0.25, 0.3) is 0 Å². The molecule has 4 rings (SSSR count). The topological polar surface area (TPSA) is 78.9 Å². The van der Waals surface area contributed by atoms with Crippen LogP contribution in [0.25, 0.3) is 27.6 Å². The highest BCUT2D eigenvalue weighted by molar-refractivity contribution is 7.13. The third-order valence-electron chi connectivity index (χ3n) is 4.15. The fourth-order valence-electron chi connectivity index (χ4n) is 2.72. The van der Waals surface area contributed by atoms with Crippen LogP contribution < -0.4 is 10.5 Å². The van der Waals surface area contributed by atoms with Crippen LogP contribution in [0.5, 0.6) is 5.75 Å². The molecule has 0 fully saturated rings. The lowest BCUT2D eigenvalue weighted by Gasteiger charge is -2.03. The van der Waals surface area contributed by atoms with Gasteiger partial charge in [-0.2, -0.15) is 4.68 Å². The maximum Gasteiger partial charge on any atom is 0.165 e. The van der Waals surface area contributed by atoms with Crippen molar-refractivity contribution in [2.45, 2.75) is 13.8 Å². The number of anilines is 1. The van der Waals surface area contributed by atoms with Crippen LogP contribution in [0.2, 0.25) is 0 Å². The van der Waals surface area contributed by atoms with Crippen LogP contribution in [0.15, 0.2) is 53.9 Å². The SMILES string of the molecule is CCOc1ccc(-c2csc(-c3nnn(-c4ccc(C)cc4)c3N)n2)cc1. The summed E-state index contributed by atoms with van der Waals surface area (Å²) in [6.45, 7) is 4.66. The number of nitrogens with zero attached hydrogens (tertiary/aromatic N) is 4. The number of hydrogen-bond acceptors (Lipinski definition) is 6. The van der Waals surface area contributed by atoms with E-state index in [4.69, 9.17) is 15.5 Å². The molecule has 2 aromatic heterocycles. The zero-order valence-electron chi connectivity index (χ0n) is 15.1. The smallest absolute Gasteiger partial charge is 0.165 e. The van der Waals surface area contributed by atoms with E-state index < -0.39 is 0 Å². The molecule has 0 bridgehead atoms. The standard InChI is InChI=1S/C20H19N5OS/c1-3-26-16-10-6-14(7-11-16)17-12-27-20(22-17)18-19(21)25(24-23-18)15-8-4-13(2)5-9-15/h4-12H,3,21H2,1-2H3. The second-order valence-corrected chi connectivity index (χ2v) is 6.92. The molecule has 2 heterocycles. The first kappa shape index (κ1) is 17.2. The molecule has 2 aromatic carbocycles. The van der Waals surface area contributed by atoms with Gasteiger partial charge in [-0.3, -0.25) is 0 Å². The number of nitrogens with two attached hydrogens (primary N) is 1. The van der Waals surface area contributed by atoms with Crippen LogP contribution in [-0.4, -0.2) is 26.6 Å². The summed E-state index contributed by atoms with van der Waals surface area (Å²) < 4.78 is 7.12. The van der Waals surface area contributed by atoms with Crippen LogP contribution in [-0.2, 0) is 0 Å². The van der Waals surface area contributed by atoms with Crippen molar-refractivity contribution >= 4 is 17.2 Å². The Balaban J connectivity index is 1.63. The zero-order chi connectivity index (χ0) is 18.8. The molecule has 4 aromatic rings. The Bertz CT molecular complexity index is 1050. The molecular formula is C20H19N5OS. The van der Waals surface area contributed by atoms with Crippen LogP contribution in [0.3, 0.4) is 0 Å². The molecule has 0 amide bonds. The van der Waals surface area contributed by atoms with Gasteiger partial charge in [-0.25, -0.2) is 4.98 Å². The Hall–Kier alpha value is -3.19. The number of hydrogen-bond donors (Lipinski definition) is 1. The Kier molecular flexibility index (Phi) is 4.60. The molecular weight excluding hydrogens is 358 g/mol. The molecule has 0 aliphatic rings. The zero-order valence-corrected chi connectivity index (χ0v) is 15.9. The van der Waals surface area contributed by atoms with Gasteiger partial charge < -0.3 is 10.5 Å². The first-order chi connectivity index (χ1) is 13.2. The van der Waals surface area contributed by atoms with Crippen LogP contribution in [0, 0.1) is 6.92 Å². The highest BCUT2D eigenvalue weighted by atomic mass is 32.1. The van der Waals surface area contributed by atoms with Crippen molar-refractivity contribution in [1.82, 2.24) is 20.0 Å². The minimum Gasteiger partial charge on any atom is -0.494 e. The summed E-state index contributed by atoms with van der Waals surface area (Å²) in [7, 11) is 0. The number of aromatic nitrogens is 4. The van der Waals surface area contributed by atoms with E-state index in [2.05, 4.69) is 10.3 Å². The molecule has 0 atom stereocenters. The third-order valence-corrected chi connectivity index (χ3v) is 5.00. The predicted octanol–water partition coefficient (Wildman–Crippen LogP) is 4.35. The van der Waals surface area contributed by atoms with E-state index in [0.717, 1.165) is 27.7 Å². The van der Waals surface area contributed by atoms with Crippen molar-refractivity contribution in [2.24, 2.45) is 0 Å². The molecule has 6 nitrogen and oxygen atoms in total. The molecule has 2 N–H and O–H groups in total. The van der Waals surface area contributed by atoms with Crippen molar-refractivity contribution in [2.75, 3.05) is 12.3 Å². The third kappa shape index (κ3) is 3.41. The van der Waals surface area contributed by atoms with Gasteiger partial charge in [-0.05, 0) is 50.2 Å². The van der Waals surface area contributed by atoms with Crippen molar-refractivity contribution in [3.05, 3.63) is 59.5 Å². The number of benzene rings is 2. The van der Waals surface area contributed by atoms with Gasteiger partial charge in [0.1, 0.15) is 10.8 Å². The maximum absolute atomic E-state index is 6.29. The molecule has 0 saturated heterocycles. The first-order valence-corrected chi connectivity index (χ1v) is 9.51. The second kappa shape index (κ2) is 7.20. The lowest BCUT2D eigenvalue weighted by atomic mass is 10.2. The van der Waals surface area contributed by atoms with Gasteiger partial charge in [0, 0.05) is 10.9 Å². The second-order valence-electron chi connectivity index (χ2n) is 6.07. The van der Waals surface area contributed by atoms with Crippen molar-refractivity contribution < 1.29 is 4.74 Å². The Morgan fingerprint density at radius 3 is 2.52 bits per heavy atom. The summed E-state index contributed by atoms with van der Waals surface area (Å²) >= 11 is 1.50. The Morgan fingerprint density at radius 1 is 1.07 bits per heavy atom. The monoisotopic (exact) mass is 377 g/mol. The van der Waals surface area contributed by atoms with Gasteiger partial charge in [0.2, 0.25) is 0 Å². The summed E-state index contributed by atoms with van der Waals surface area (Å²) in [5, 5.41) is 11.2. The predicted molar refractivity (Wildman–Crippen MR) is 108 cm³/mol. The van der Waals surface area contributed by atoms with Gasteiger partial charge in [0.05, 0.1) is 18.0 Å². The van der Waals surface area contributed by atoms with Crippen molar-refractivity contribution in [3.8, 4) is 33.4 Å². The van der Waals surface area contributed by atoms with E-state index in [9.17, 15) is 0 Å². The average Bonchev–Trinajstić information content (AvgIpc) is 3.30. The lowest BCUT2D eigenvalue weighted by molar-refractivity contribution is 0.340. The molecule has 0 saturated carbocycles. The summed E-state index contributed by atoms with van der Waals surface area (Å²) in [6.07, 6.45) is 0. The maximum atomic E-state index is 6.29. The average molecular weight is 377 g/mol. The van der Waals surface area contributed by atoms with Crippen LogP contribution >= 0.6 is 11.3 Å². The van der Waals surface area contributed by atoms with Gasteiger partial charge in [-0.15, -0.1) is 16.4 Å². The quantitative estimate of drug-likeness (QED) is 0.559. The van der Waals surface area contributed by atoms with E-state index in [1.165, 1.54) is 16.9 Å². The van der Waals surface area contributed by atoms with Gasteiger partial charge in [0.15, 0.2) is 11.5 Å². The molecule has 0 spiro atoms. The fourth-order valence-corrected chi connectivity index (χ4v) is 3.54. The van der Waals surface area contributed by atoms with E-state index in [0.29, 0.717) is 18.1 Å². The van der Waals surface area contributed by atoms with E-state index in [1.54, 1.807) is 4.68 Å².